The predicted octanol–water partition coefficient (Wildman–Crippen LogP) is 10.7. The summed E-state index contributed by atoms with van der Waals surface area (Å²) in [5.41, 5.74) is 16.0. The molecule has 2 aliphatic rings. The molecule has 0 aliphatic carbocycles. The predicted molar refractivity (Wildman–Crippen MR) is 209 cm³/mol. The van der Waals surface area contributed by atoms with Crippen molar-refractivity contribution in [2.45, 2.75) is 0 Å². The van der Waals surface area contributed by atoms with Crippen LogP contribution in [0, 0.1) is 0 Å². The van der Waals surface area contributed by atoms with E-state index in [-0.39, 0.29) is 7.05 Å². The van der Waals surface area contributed by atoms with Gasteiger partial charge >= 0.3 is 7.05 Å². The highest BCUT2D eigenvalue weighted by Gasteiger charge is 2.44. The van der Waals surface area contributed by atoms with E-state index in [0.717, 1.165) is 73.3 Å². The van der Waals surface area contributed by atoms with E-state index in [9.17, 15) is 0 Å². The van der Waals surface area contributed by atoms with Gasteiger partial charge in [0.15, 0.2) is 0 Å². The van der Waals surface area contributed by atoms with Gasteiger partial charge in [-0.05, 0) is 87.9 Å². The zero-order valence-electron chi connectivity index (χ0n) is 27.6. The van der Waals surface area contributed by atoms with Crippen LogP contribution in [0.15, 0.2) is 182 Å². The first-order chi connectivity index (χ1) is 25.3. The molecule has 0 unspecified atom stereocenters. The molecule has 5 heteroatoms. The van der Waals surface area contributed by atoms with Gasteiger partial charge in [0.2, 0.25) is 0 Å². The smallest absolute Gasteiger partial charge is 0.524 e. The lowest BCUT2D eigenvalue weighted by Crippen LogP contribution is -2.50. The minimum Gasteiger partial charge on any atom is -0.536 e. The fourth-order valence-electron chi connectivity index (χ4n) is 7.42. The standard InChI is InChI=1S/C46H30BN3O/c1-3-13-31(14-4-1)36-29-42(32-15-5-2-6-16-32)49-43(30-36)41-21-12-20-40(48-41)35-18-11-17-33(27-35)34-25-26-39-38(28-34)37-19-7-8-22-44(37)50-45-23-9-10-24-46(45)51-47(39)50/h1-30H. The lowest BCUT2D eigenvalue weighted by atomic mass is 9.64. The van der Waals surface area contributed by atoms with Crippen molar-refractivity contribution >= 4 is 23.9 Å². The lowest BCUT2D eigenvalue weighted by Gasteiger charge is -2.31. The van der Waals surface area contributed by atoms with Crippen molar-refractivity contribution in [1.82, 2.24) is 9.97 Å². The van der Waals surface area contributed by atoms with E-state index in [1.165, 1.54) is 16.6 Å². The molecular formula is C46H30BN3O. The van der Waals surface area contributed by atoms with Gasteiger partial charge < -0.3 is 9.47 Å². The van der Waals surface area contributed by atoms with Crippen LogP contribution in [0.4, 0.5) is 11.4 Å². The molecule has 8 aromatic rings. The van der Waals surface area contributed by atoms with Gasteiger partial charge in [0.05, 0.1) is 28.5 Å². The minimum atomic E-state index is -0.198. The Labute approximate surface area is 297 Å². The lowest BCUT2D eigenvalue weighted by molar-refractivity contribution is 0.603. The molecule has 0 N–H and O–H groups in total. The zero-order valence-corrected chi connectivity index (χ0v) is 27.6. The van der Waals surface area contributed by atoms with Crippen molar-refractivity contribution in [2.75, 3.05) is 4.81 Å². The Morgan fingerprint density at radius 3 is 1.86 bits per heavy atom. The number of nitrogens with zero attached hydrogens (tertiary/aromatic N) is 3. The van der Waals surface area contributed by atoms with Crippen LogP contribution in [-0.2, 0) is 0 Å². The van der Waals surface area contributed by atoms with E-state index in [0.29, 0.717) is 0 Å². The Morgan fingerprint density at radius 2 is 1.00 bits per heavy atom. The first-order valence-corrected chi connectivity index (χ1v) is 17.3. The van der Waals surface area contributed by atoms with Crippen LogP contribution in [0.2, 0.25) is 0 Å². The molecule has 6 aromatic carbocycles. The summed E-state index contributed by atoms with van der Waals surface area (Å²) in [6.07, 6.45) is 0. The van der Waals surface area contributed by atoms with Crippen LogP contribution in [0.25, 0.3) is 67.3 Å². The minimum absolute atomic E-state index is 0.198. The number of hydrogen-bond acceptors (Lipinski definition) is 4. The van der Waals surface area contributed by atoms with Gasteiger partial charge in [0.25, 0.3) is 0 Å². The fourth-order valence-corrected chi connectivity index (χ4v) is 7.42. The number of hydrogen-bond donors (Lipinski definition) is 0. The quantitative estimate of drug-likeness (QED) is 0.174. The molecule has 0 radical (unpaired) electrons. The molecule has 0 atom stereocenters. The van der Waals surface area contributed by atoms with Crippen molar-refractivity contribution < 1.29 is 4.65 Å². The molecule has 238 valence electrons. The molecular weight excluding hydrogens is 621 g/mol. The topological polar surface area (TPSA) is 38.2 Å². The maximum atomic E-state index is 6.54. The molecule has 0 fully saturated rings. The van der Waals surface area contributed by atoms with Gasteiger partial charge in [-0.25, -0.2) is 9.97 Å². The second-order valence-corrected chi connectivity index (χ2v) is 13.0. The van der Waals surface area contributed by atoms with Gasteiger partial charge in [0.1, 0.15) is 5.75 Å². The normalized spacial score (nSPS) is 12.4. The van der Waals surface area contributed by atoms with E-state index >= 15 is 0 Å². The highest BCUT2D eigenvalue weighted by Crippen LogP contribution is 2.47. The second-order valence-electron chi connectivity index (χ2n) is 13.0. The summed E-state index contributed by atoms with van der Waals surface area (Å²) in [6, 6.07) is 63.6. The summed E-state index contributed by atoms with van der Waals surface area (Å²) >= 11 is 0. The molecule has 2 aliphatic heterocycles. The van der Waals surface area contributed by atoms with E-state index in [1.54, 1.807) is 0 Å². The average molecular weight is 652 g/mol. The van der Waals surface area contributed by atoms with Crippen molar-refractivity contribution in [3.63, 3.8) is 0 Å². The summed E-state index contributed by atoms with van der Waals surface area (Å²) in [6.45, 7) is 0. The van der Waals surface area contributed by atoms with Gasteiger partial charge in [-0.3, -0.25) is 0 Å². The number of benzene rings is 6. The number of rotatable bonds is 5. The molecule has 0 saturated heterocycles. The Balaban J connectivity index is 1.03. The summed E-state index contributed by atoms with van der Waals surface area (Å²) in [7, 11) is -0.198. The van der Waals surface area contributed by atoms with E-state index in [1.807, 2.05) is 24.3 Å². The highest BCUT2D eigenvalue weighted by atomic mass is 16.5. The Kier molecular flexibility index (Phi) is 6.88. The van der Waals surface area contributed by atoms with Crippen LogP contribution in [0.1, 0.15) is 0 Å². The second kappa shape index (κ2) is 12.0. The number of fused-ring (bicyclic) bond motifs is 8. The van der Waals surface area contributed by atoms with Crippen LogP contribution in [0.5, 0.6) is 5.75 Å². The third kappa shape index (κ3) is 5.10. The third-order valence-corrected chi connectivity index (χ3v) is 9.88. The van der Waals surface area contributed by atoms with E-state index in [4.69, 9.17) is 14.6 Å². The van der Waals surface area contributed by atoms with Gasteiger partial charge in [0, 0.05) is 22.4 Å². The maximum absolute atomic E-state index is 6.54. The molecule has 0 saturated carbocycles. The molecule has 0 amide bonds. The number of pyridine rings is 2. The first-order valence-electron chi connectivity index (χ1n) is 17.3. The van der Waals surface area contributed by atoms with Crippen LogP contribution >= 0.6 is 0 Å². The Hall–Kier alpha value is -6.72. The van der Waals surface area contributed by atoms with Gasteiger partial charge in [-0.1, -0.05) is 127 Å². The Bertz CT molecular complexity index is 2530. The van der Waals surface area contributed by atoms with Crippen molar-refractivity contribution in [2.24, 2.45) is 0 Å². The molecule has 4 nitrogen and oxygen atoms in total. The van der Waals surface area contributed by atoms with Crippen molar-refractivity contribution in [1.29, 1.82) is 0 Å². The molecule has 4 heterocycles. The monoisotopic (exact) mass is 651 g/mol. The molecule has 0 spiro atoms. The molecule has 0 bridgehead atoms. The SMILES string of the molecule is c1ccc(-c2cc(-c3ccccc3)nc(-c3cccc(-c4cccc(-c5ccc6c(c5)-c5ccccc5N5B6Oc6ccccc65)c4)n3)c2)cc1. The van der Waals surface area contributed by atoms with Crippen molar-refractivity contribution in [3.05, 3.63) is 182 Å². The van der Waals surface area contributed by atoms with E-state index in [2.05, 4.69) is 163 Å². The zero-order chi connectivity index (χ0) is 33.7. The molecule has 51 heavy (non-hydrogen) atoms. The fraction of sp³-hybridized carbons (Fsp3) is 0. The summed E-state index contributed by atoms with van der Waals surface area (Å²) in [4.78, 5) is 12.6. The van der Waals surface area contributed by atoms with Gasteiger partial charge in [-0.15, -0.1) is 0 Å². The van der Waals surface area contributed by atoms with Crippen LogP contribution < -0.4 is 14.9 Å². The largest absolute Gasteiger partial charge is 0.536 e. The number of anilines is 2. The van der Waals surface area contributed by atoms with Crippen LogP contribution in [-0.4, -0.2) is 17.0 Å². The maximum Gasteiger partial charge on any atom is 0.524 e. The summed E-state index contributed by atoms with van der Waals surface area (Å²) in [5.74, 6) is 0.912. The number of para-hydroxylation sites is 3. The highest BCUT2D eigenvalue weighted by molar-refractivity contribution is 6.77. The van der Waals surface area contributed by atoms with Gasteiger partial charge in [-0.2, -0.15) is 0 Å². The number of aromatic nitrogens is 2. The summed E-state index contributed by atoms with van der Waals surface area (Å²) < 4.78 is 6.54. The summed E-state index contributed by atoms with van der Waals surface area (Å²) in [5, 5.41) is 0. The first kappa shape index (κ1) is 29.2. The molecule has 2 aromatic heterocycles. The van der Waals surface area contributed by atoms with E-state index < -0.39 is 0 Å². The third-order valence-electron chi connectivity index (χ3n) is 9.88. The molecule has 10 rings (SSSR count). The Morgan fingerprint density at radius 1 is 0.373 bits per heavy atom. The average Bonchev–Trinajstić information content (AvgIpc) is 3.62. The van der Waals surface area contributed by atoms with Crippen LogP contribution in [0.3, 0.4) is 0 Å². The van der Waals surface area contributed by atoms with Crippen molar-refractivity contribution in [3.8, 4) is 73.0 Å².